The number of furan rings is 1. The van der Waals surface area contributed by atoms with Crippen LogP contribution in [0.25, 0.3) is 0 Å². The van der Waals surface area contributed by atoms with Crippen molar-refractivity contribution in [3.63, 3.8) is 0 Å². The van der Waals surface area contributed by atoms with E-state index in [1.54, 1.807) is 26.1 Å². The van der Waals surface area contributed by atoms with Gasteiger partial charge in [-0.15, -0.1) is 0 Å². The van der Waals surface area contributed by atoms with Crippen LogP contribution in [0.2, 0.25) is 0 Å². The summed E-state index contributed by atoms with van der Waals surface area (Å²) in [5.41, 5.74) is -1.10. The molecule has 110 valence electrons. The van der Waals surface area contributed by atoms with E-state index in [9.17, 15) is 14.7 Å². The van der Waals surface area contributed by atoms with Crippen LogP contribution in [0, 0.1) is 5.41 Å². The molecule has 2 amide bonds. The monoisotopic (exact) mass is 282 g/mol. The lowest BCUT2D eigenvalue weighted by atomic mass is 9.85. The van der Waals surface area contributed by atoms with Crippen molar-refractivity contribution >= 4 is 12.0 Å². The van der Waals surface area contributed by atoms with E-state index in [0.717, 1.165) is 0 Å². The Morgan fingerprint density at radius 3 is 2.95 bits per heavy atom. The lowest BCUT2D eigenvalue weighted by molar-refractivity contribution is -0.148. The van der Waals surface area contributed by atoms with Crippen molar-refractivity contribution in [1.29, 1.82) is 0 Å². The zero-order chi connectivity index (χ0) is 14.8. The predicted octanol–water partition coefficient (Wildman–Crippen LogP) is 0.911. The summed E-state index contributed by atoms with van der Waals surface area (Å²) in [6, 6.07) is 2.60. The normalized spacial score (nSPS) is 25.4. The first-order valence-electron chi connectivity index (χ1n) is 6.28. The van der Waals surface area contributed by atoms with Gasteiger partial charge in [0.1, 0.15) is 11.2 Å². The van der Waals surface area contributed by atoms with Gasteiger partial charge in [-0.05, 0) is 19.1 Å². The van der Waals surface area contributed by atoms with Crippen molar-refractivity contribution in [2.45, 2.75) is 19.5 Å². The third kappa shape index (κ3) is 2.77. The third-order valence-corrected chi connectivity index (χ3v) is 3.56. The second-order valence-electron chi connectivity index (χ2n) is 5.18. The molecule has 7 nitrogen and oxygen atoms in total. The van der Waals surface area contributed by atoms with E-state index < -0.39 is 17.4 Å². The van der Waals surface area contributed by atoms with Gasteiger partial charge in [0.2, 0.25) is 0 Å². The van der Waals surface area contributed by atoms with Crippen molar-refractivity contribution < 1.29 is 23.8 Å². The van der Waals surface area contributed by atoms with Gasteiger partial charge in [-0.2, -0.15) is 0 Å². The molecule has 1 aromatic heterocycles. The molecule has 0 spiro atoms. The maximum absolute atomic E-state index is 12.1. The SMILES string of the molecule is CN(Cc1ccco1)C(=O)NC1COCC1(C)C(=O)O. The van der Waals surface area contributed by atoms with E-state index in [0.29, 0.717) is 12.3 Å². The lowest BCUT2D eigenvalue weighted by Gasteiger charge is -2.27. The van der Waals surface area contributed by atoms with Gasteiger partial charge in [0, 0.05) is 7.05 Å². The summed E-state index contributed by atoms with van der Waals surface area (Å²) < 4.78 is 10.4. The fourth-order valence-corrected chi connectivity index (χ4v) is 2.05. The Morgan fingerprint density at radius 2 is 2.35 bits per heavy atom. The minimum atomic E-state index is -1.10. The van der Waals surface area contributed by atoms with Crippen LogP contribution in [-0.4, -0.2) is 48.3 Å². The predicted molar refractivity (Wildman–Crippen MR) is 69.1 cm³/mol. The zero-order valence-electron chi connectivity index (χ0n) is 11.5. The molecule has 1 saturated heterocycles. The Labute approximate surface area is 116 Å². The van der Waals surface area contributed by atoms with Gasteiger partial charge >= 0.3 is 12.0 Å². The number of nitrogens with one attached hydrogen (secondary N) is 1. The van der Waals surface area contributed by atoms with Crippen LogP contribution in [-0.2, 0) is 16.1 Å². The zero-order valence-corrected chi connectivity index (χ0v) is 11.5. The summed E-state index contributed by atoms with van der Waals surface area (Å²) >= 11 is 0. The fourth-order valence-electron chi connectivity index (χ4n) is 2.05. The Morgan fingerprint density at radius 1 is 1.60 bits per heavy atom. The number of rotatable bonds is 4. The van der Waals surface area contributed by atoms with Crippen molar-refractivity contribution in [3.8, 4) is 0 Å². The summed E-state index contributed by atoms with van der Waals surface area (Å²) in [5.74, 6) is -0.319. The maximum Gasteiger partial charge on any atom is 0.317 e. The topological polar surface area (TPSA) is 92.0 Å². The number of nitrogens with zero attached hydrogens (tertiary/aromatic N) is 1. The number of carboxylic acids is 1. The molecule has 0 aromatic carbocycles. The molecule has 0 aliphatic carbocycles. The number of ether oxygens (including phenoxy) is 1. The second kappa shape index (κ2) is 5.54. The van der Waals surface area contributed by atoms with E-state index >= 15 is 0 Å². The van der Waals surface area contributed by atoms with Gasteiger partial charge in [0.15, 0.2) is 0 Å². The first kappa shape index (κ1) is 14.4. The molecule has 7 heteroatoms. The van der Waals surface area contributed by atoms with Crippen LogP contribution in [0.1, 0.15) is 12.7 Å². The van der Waals surface area contributed by atoms with E-state index in [1.807, 2.05) is 0 Å². The molecule has 0 saturated carbocycles. The van der Waals surface area contributed by atoms with Crippen LogP contribution in [0.4, 0.5) is 4.79 Å². The van der Waals surface area contributed by atoms with Crippen LogP contribution in [0.15, 0.2) is 22.8 Å². The Bertz CT molecular complexity index is 487. The van der Waals surface area contributed by atoms with Crippen LogP contribution < -0.4 is 5.32 Å². The summed E-state index contributed by atoms with van der Waals surface area (Å²) in [5, 5.41) is 11.9. The molecule has 1 aliphatic rings. The van der Waals surface area contributed by atoms with E-state index in [4.69, 9.17) is 9.15 Å². The largest absolute Gasteiger partial charge is 0.481 e. The lowest BCUT2D eigenvalue weighted by Crippen LogP contribution is -2.52. The van der Waals surface area contributed by atoms with E-state index in [1.165, 1.54) is 11.2 Å². The number of carboxylic acid groups (broad SMARTS) is 1. The average Bonchev–Trinajstić information content (AvgIpc) is 3.01. The number of carbonyl (C=O) groups is 2. The van der Waals surface area contributed by atoms with E-state index in [2.05, 4.69) is 5.32 Å². The number of hydrogen-bond donors (Lipinski definition) is 2. The van der Waals surface area contributed by atoms with Crippen LogP contribution in [0.5, 0.6) is 0 Å². The minimum Gasteiger partial charge on any atom is -0.481 e. The second-order valence-corrected chi connectivity index (χ2v) is 5.18. The van der Waals surface area contributed by atoms with Crippen molar-refractivity contribution in [3.05, 3.63) is 24.2 Å². The first-order chi connectivity index (χ1) is 9.43. The summed E-state index contributed by atoms with van der Waals surface area (Å²) in [7, 11) is 1.62. The number of carbonyl (C=O) groups excluding carboxylic acids is 1. The maximum atomic E-state index is 12.1. The molecular weight excluding hydrogens is 264 g/mol. The molecule has 20 heavy (non-hydrogen) atoms. The molecule has 0 radical (unpaired) electrons. The van der Waals surface area contributed by atoms with Gasteiger partial charge in [0.25, 0.3) is 0 Å². The Kier molecular flexibility index (Phi) is 3.99. The molecule has 2 atom stereocenters. The van der Waals surface area contributed by atoms with Crippen molar-refractivity contribution in [2.75, 3.05) is 20.3 Å². The van der Waals surface area contributed by atoms with Gasteiger partial charge in [0.05, 0.1) is 32.1 Å². The standard InChI is InChI=1S/C13H18N2O5/c1-13(11(16)17)8-19-7-10(13)14-12(18)15(2)6-9-4-3-5-20-9/h3-5,10H,6-8H2,1-2H3,(H,14,18)(H,16,17). The highest BCUT2D eigenvalue weighted by atomic mass is 16.5. The molecule has 2 N–H and O–H groups in total. The van der Waals surface area contributed by atoms with E-state index in [-0.39, 0.29) is 19.2 Å². The fraction of sp³-hybridized carbons (Fsp3) is 0.538. The molecule has 1 aliphatic heterocycles. The highest BCUT2D eigenvalue weighted by Crippen LogP contribution is 2.28. The summed E-state index contributed by atoms with van der Waals surface area (Å²) in [6.45, 7) is 2.17. The molecule has 1 fully saturated rings. The minimum absolute atomic E-state index is 0.0924. The number of urea groups is 1. The smallest absolute Gasteiger partial charge is 0.317 e. The van der Waals surface area contributed by atoms with Crippen molar-refractivity contribution in [1.82, 2.24) is 10.2 Å². The molecule has 2 unspecified atom stereocenters. The average molecular weight is 282 g/mol. The quantitative estimate of drug-likeness (QED) is 0.856. The molecule has 1 aromatic rings. The van der Waals surface area contributed by atoms with Crippen LogP contribution in [0.3, 0.4) is 0 Å². The summed E-state index contributed by atoms with van der Waals surface area (Å²) in [4.78, 5) is 24.8. The number of hydrogen-bond acceptors (Lipinski definition) is 4. The number of amides is 2. The van der Waals surface area contributed by atoms with Crippen LogP contribution >= 0.6 is 0 Å². The Hall–Kier alpha value is -2.02. The van der Waals surface area contributed by atoms with Crippen molar-refractivity contribution in [2.24, 2.45) is 5.41 Å². The highest BCUT2D eigenvalue weighted by Gasteiger charge is 2.47. The third-order valence-electron chi connectivity index (χ3n) is 3.56. The van der Waals surface area contributed by atoms with Gasteiger partial charge in [-0.1, -0.05) is 0 Å². The highest BCUT2D eigenvalue weighted by molar-refractivity contribution is 5.79. The Balaban J connectivity index is 1.95. The number of aliphatic carboxylic acids is 1. The van der Waals surface area contributed by atoms with Gasteiger partial charge < -0.3 is 24.5 Å². The molecule has 0 bridgehead atoms. The molecule has 2 heterocycles. The van der Waals surface area contributed by atoms with Gasteiger partial charge in [-0.3, -0.25) is 4.79 Å². The molecule has 2 rings (SSSR count). The molecular formula is C13H18N2O5. The first-order valence-corrected chi connectivity index (χ1v) is 6.28. The van der Waals surface area contributed by atoms with Gasteiger partial charge in [-0.25, -0.2) is 4.79 Å². The summed E-state index contributed by atoms with van der Waals surface area (Å²) in [6.07, 6.45) is 1.54.